The fourth-order valence-electron chi connectivity index (χ4n) is 2.05. The Morgan fingerprint density at radius 3 is 3.06 bits per heavy atom. The van der Waals surface area contributed by atoms with Gasteiger partial charge < -0.3 is 10.2 Å². The molecule has 0 saturated carbocycles. The minimum atomic E-state index is 0.611. The number of nitrogens with one attached hydrogen (secondary N) is 1. The van der Waals surface area contributed by atoms with Gasteiger partial charge in [0.1, 0.15) is 5.76 Å². The molecule has 0 unspecified atom stereocenters. The van der Waals surface area contributed by atoms with E-state index in [9.17, 15) is 0 Å². The third-order valence-electron chi connectivity index (χ3n) is 2.93. The van der Waals surface area contributed by atoms with Crippen LogP contribution in [0.1, 0.15) is 12.7 Å². The molecule has 1 aromatic rings. The number of allylic oxidation sites excluding steroid dienone is 2. The van der Waals surface area contributed by atoms with Crippen LogP contribution in [0.2, 0.25) is 0 Å². The largest absolute Gasteiger partial charge is 0.469 e. The van der Waals surface area contributed by atoms with E-state index in [0.29, 0.717) is 12.2 Å². The lowest BCUT2D eigenvalue weighted by Gasteiger charge is -2.26. The fraction of sp³-hybridized carbons (Fsp3) is 0.250. The molecule has 0 aliphatic carbocycles. The van der Waals surface area contributed by atoms with Crippen molar-refractivity contribution < 1.29 is 4.42 Å². The van der Waals surface area contributed by atoms with Crippen LogP contribution in [0.3, 0.4) is 0 Å². The summed E-state index contributed by atoms with van der Waals surface area (Å²) in [6.45, 7) is 1.96. The van der Waals surface area contributed by atoms with E-state index in [-0.39, 0.29) is 0 Å². The molecular formula is C12H15N5O. The highest BCUT2D eigenvalue weighted by Crippen LogP contribution is 2.26. The Hall–Kier alpha value is -2.21. The Morgan fingerprint density at radius 1 is 1.50 bits per heavy atom. The number of nitrogens with two attached hydrogens (primary N) is 1. The number of furan rings is 1. The predicted molar refractivity (Wildman–Crippen MR) is 67.6 cm³/mol. The van der Waals surface area contributed by atoms with Crippen LogP contribution < -0.4 is 11.3 Å². The van der Waals surface area contributed by atoms with E-state index in [4.69, 9.17) is 10.2 Å². The first-order valence-corrected chi connectivity index (χ1v) is 5.73. The highest BCUT2D eigenvalue weighted by atomic mass is 16.3. The number of hydrogen-bond acceptors (Lipinski definition) is 6. The van der Waals surface area contributed by atoms with Crippen molar-refractivity contribution in [1.29, 1.82) is 0 Å². The molecule has 3 heterocycles. The molecular weight excluding hydrogens is 230 g/mol. The van der Waals surface area contributed by atoms with Gasteiger partial charge in [0.2, 0.25) is 0 Å². The van der Waals surface area contributed by atoms with Crippen molar-refractivity contribution in [3.05, 3.63) is 47.6 Å². The molecule has 0 spiro atoms. The summed E-state index contributed by atoms with van der Waals surface area (Å²) in [6, 6.07) is 3.84. The van der Waals surface area contributed by atoms with E-state index in [2.05, 4.69) is 10.5 Å². The summed E-state index contributed by atoms with van der Waals surface area (Å²) >= 11 is 0. The first-order valence-electron chi connectivity index (χ1n) is 5.73. The van der Waals surface area contributed by atoms with Crippen LogP contribution in [0.25, 0.3) is 0 Å². The lowest BCUT2D eigenvalue weighted by atomic mass is 10.2. The molecule has 94 valence electrons. The van der Waals surface area contributed by atoms with Crippen molar-refractivity contribution >= 4 is 5.71 Å². The Labute approximate surface area is 105 Å². The molecule has 0 atom stereocenters. The average Bonchev–Trinajstić information content (AvgIpc) is 2.92. The molecule has 1 aromatic heterocycles. The first kappa shape index (κ1) is 10.9. The topological polar surface area (TPSA) is 70.0 Å². The van der Waals surface area contributed by atoms with Gasteiger partial charge in [0.05, 0.1) is 6.26 Å². The van der Waals surface area contributed by atoms with Crippen molar-refractivity contribution in [3.63, 3.8) is 0 Å². The lowest BCUT2D eigenvalue weighted by Crippen LogP contribution is -2.40. The van der Waals surface area contributed by atoms with Crippen molar-refractivity contribution in [2.45, 2.75) is 13.3 Å². The SMILES string of the molecule is CC1=NC2=C(N)N(C)NN2C(Cc2ccco2)=C1. The molecule has 6 nitrogen and oxygen atoms in total. The van der Waals surface area contributed by atoms with Crippen molar-refractivity contribution in [1.82, 2.24) is 15.6 Å². The molecule has 3 rings (SSSR count). The Balaban J connectivity index is 1.94. The highest BCUT2D eigenvalue weighted by molar-refractivity contribution is 5.95. The highest BCUT2D eigenvalue weighted by Gasteiger charge is 2.30. The van der Waals surface area contributed by atoms with Gasteiger partial charge in [-0.3, -0.25) is 5.01 Å². The van der Waals surface area contributed by atoms with Gasteiger partial charge in [0.15, 0.2) is 11.6 Å². The zero-order valence-electron chi connectivity index (χ0n) is 10.3. The summed E-state index contributed by atoms with van der Waals surface area (Å²) in [5, 5.41) is 3.62. The number of nitrogens with zero attached hydrogens (tertiary/aromatic N) is 3. The van der Waals surface area contributed by atoms with E-state index in [1.165, 1.54) is 0 Å². The maximum absolute atomic E-state index is 5.97. The van der Waals surface area contributed by atoms with E-state index in [0.717, 1.165) is 23.0 Å². The minimum Gasteiger partial charge on any atom is -0.469 e. The maximum Gasteiger partial charge on any atom is 0.191 e. The third-order valence-corrected chi connectivity index (χ3v) is 2.93. The summed E-state index contributed by atoms with van der Waals surface area (Å²) in [6.07, 6.45) is 4.39. The quantitative estimate of drug-likeness (QED) is 0.811. The molecule has 2 aliphatic rings. The monoisotopic (exact) mass is 245 g/mol. The molecule has 2 aliphatic heterocycles. The van der Waals surface area contributed by atoms with Crippen LogP contribution in [0.4, 0.5) is 0 Å². The van der Waals surface area contributed by atoms with Gasteiger partial charge in [-0.25, -0.2) is 10.0 Å². The van der Waals surface area contributed by atoms with Crippen molar-refractivity contribution in [3.8, 4) is 0 Å². The average molecular weight is 245 g/mol. The number of hydrazine groups is 2. The maximum atomic E-state index is 5.97. The molecule has 0 saturated heterocycles. The molecule has 0 bridgehead atoms. The van der Waals surface area contributed by atoms with Crippen LogP contribution >= 0.6 is 0 Å². The van der Waals surface area contributed by atoms with E-state index >= 15 is 0 Å². The van der Waals surface area contributed by atoms with Gasteiger partial charge >= 0.3 is 0 Å². The van der Waals surface area contributed by atoms with Crippen molar-refractivity contribution in [2.75, 3.05) is 7.05 Å². The summed E-state index contributed by atoms with van der Waals surface area (Å²) in [5.74, 6) is 2.25. The van der Waals surface area contributed by atoms with Crippen LogP contribution in [0.15, 0.2) is 51.2 Å². The van der Waals surface area contributed by atoms with Crippen molar-refractivity contribution in [2.24, 2.45) is 10.7 Å². The first-order chi connectivity index (χ1) is 8.65. The second-order valence-electron chi connectivity index (χ2n) is 4.35. The number of rotatable bonds is 2. The van der Waals surface area contributed by atoms with Gasteiger partial charge in [-0.2, -0.15) is 0 Å². The molecule has 3 N–H and O–H groups in total. The van der Waals surface area contributed by atoms with Crippen LogP contribution in [0.5, 0.6) is 0 Å². The lowest BCUT2D eigenvalue weighted by molar-refractivity contribution is 0.175. The van der Waals surface area contributed by atoms with Gasteiger partial charge in [-0.1, -0.05) is 0 Å². The standard InChI is InChI=1S/C12H15N5O/c1-8-6-9(7-10-4-3-5-18-10)17-12(14-8)11(13)16(2)15-17/h3-6,15H,7,13H2,1-2H3. The Bertz CT molecular complexity index is 555. The smallest absolute Gasteiger partial charge is 0.191 e. The van der Waals surface area contributed by atoms with Crippen LogP contribution in [0, 0.1) is 0 Å². The van der Waals surface area contributed by atoms with Gasteiger partial charge in [-0.15, -0.1) is 5.53 Å². The number of hydrogen-bond donors (Lipinski definition) is 2. The van der Waals surface area contributed by atoms with Crippen LogP contribution in [-0.4, -0.2) is 22.8 Å². The molecule has 0 fully saturated rings. The number of fused-ring (bicyclic) bond motifs is 1. The van der Waals surface area contributed by atoms with Gasteiger partial charge in [-0.05, 0) is 25.1 Å². The minimum absolute atomic E-state index is 0.611. The zero-order valence-corrected chi connectivity index (χ0v) is 10.3. The Kier molecular flexibility index (Phi) is 2.38. The molecule has 18 heavy (non-hydrogen) atoms. The molecule has 0 amide bonds. The normalized spacial score (nSPS) is 19.0. The fourth-order valence-corrected chi connectivity index (χ4v) is 2.05. The summed E-state index contributed by atoms with van der Waals surface area (Å²) in [7, 11) is 1.86. The summed E-state index contributed by atoms with van der Waals surface area (Å²) < 4.78 is 5.38. The van der Waals surface area contributed by atoms with E-state index in [1.807, 2.05) is 37.2 Å². The predicted octanol–water partition coefficient (Wildman–Crippen LogP) is 0.933. The van der Waals surface area contributed by atoms with E-state index < -0.39 is 0 Å². The molecule has 0 aromatic carbocycles. The second-order valence-corrected chi connectivity index (χ2v) is 4.35. The number of aliphatic imine (C=N–C) groups is 1. The van der Waals surface area contributed by atoms with Crippen LogP contribution in [-0.2, 0) is 6.42 Å². The summed E-state index contributed by atoms with van der Waals surface area (Å²) in [5.41, 5.74) is 11.1. The molecule has 6 heteroatoms. The van der Waals surface area contributed by atoms with E-state index in [1.54, 1.807) is 11.3 Å². The zero-order chi connectivity index (χ0) is 12.7. The van der Waals surface area contributed by atoms with Gasteiger partial charge in [0, 0.05) is 24.9 Å². The Morgan fingerprint density at radius 2 is 2.33 bits per heavy atom. The van der Waals surface area contributed by atoms with Gasteiger partial charge in [0.25, 0.3) is 0 Å². The third kappa shape index (κ3) is 1.67. The second kappa shape index (κ2) is 3.92. The molecule has 0 radical (unpaired) electrons. The summed E-state index contributed by atoms with van der Waals surface area (Å²) in [4.78, 5) is 4.44.